The third-order valence-electron chi connectivity index (χ3n) is 4.67. The number of hydrogen-bond acceptors (Lipinski definition) is 3. The molecule has 0 aliphatic carbocycles. The minimum atomic E-state index is 0.122. The van der Waals surface area contributed by atoms with Crippen LogP contribution < -0.4 is 0 Å². The van der Waals surface area contributed by atoms with E-state index >= 15 is 0 Å². The second kappa shape index (κ2) is 6.69. The fourth-order valence-electron chi connectivity index (χ4n) is 3.22. The summed E-state index contributed by atoms with van der Waals surface area (Å²) in [6.45, 7) is 1.92. The van der Waals surface area contributed by atoms with Crippen molar-refractivity contribution in [2.24, 2.45) is 7.05 Å². The minimum absolute atomic E-state index is 0.122. The number of hydrogen-bond donors (Lipinski definition) is 0. The molecule has 5 heteroatoms. The quantitative estimate of drug-likeness (QED) is 0.720. The first-order chi connectivity index (χ1) is 12.2. The number of likely N-dealkylation sites (tertiary alicyclic amines) is 1. The normalized spacial score (nSPS) is 14.7. The molecule has 4 rings (SSSR count). The molecule has 1 amide bonds. The molecule has 25 heavy (non-hydrogen) atoms. The molecule has 3 aromatic rings. The lowest BCUT2D eigenvalue weighted by molar-refractivity contribution is -0.145. The molecule has 0 N–H and O–H groups in total. The zero-order valence-electron chi connectivity index (χ0n) is 14.3. The van der Waals surface area contributed by atoms with Gasteiger partial charge in [-0.25, -0.2) is 0 Å². The summed E-state index contributed by atoms with van der Waals surface area (Å²) >= 11 is 0. The topological polar surface area (TPSA) is 47.4 Å². The van der Waals surface area contributed by atoms with E-state index in [2.05, 4.69) is 35.4 Å². The molecular weight excluding hydrogens is 314 g/mol. The van der Waals surface area contributed by atoms with Crippen LogP contribution in [0.3, 0.4) is 0 Å². The molecule has 1 aromatic heterocycles. The van der Waals surface area contributed by atoms with Crippen LogP contribution in [0.15, 0.2) is 54.9 Å². The van der Waals surface area contributed by atoms with Gasteiger partial charge in [-0.05, 0) is 21.9 Å². The van der Waals surface area contributed by atoms with E-state index in [4.69, 9.17) is 4.74 Å². The molecule has 1 aliphatic heterocycles. The largest absolute Gasteiger partial charge is 0.370 e. The Balaban J connectivity index is 1.29. The van der Waals surface area contributed by atoms with Crippen LogP contribution in [0, 0.1) is 0 Å². The van der Waals surface area contributed by atoms with Crippen LogP contribution in [0.4, 0.5) is 0 Å². The highest BCUT2D eigenvalue weighted by Crippen LogP contribution is 2.21. The summed E-state index contributed by atoms with van der Waals surface area (Å²) in [5.74, 6) is 0.137. The maximum Gasteiger partial charge on any atom is 0.227 e. The zero-order chi connectivity index (χ0) is 17.2. The van der Waals surface area contributed by atoms with E-state index in [0.29, 0.717) is 26.1 Å². The lowest BCUT2D eigenvalue weighted by Gasteiger charge is -2.39. The van der Waals surface area contributed by atoms with Crippen molar-refractivity contribution in [1.82, 2.24) is 14.7 Å². The molecule has 1 fully saturated rings. The number of benzene rings is 2. The Kier molecular flexibility index (Phi) is 4.24. The molecule has 1 aliphatic rings. The molecule has 0 bridgehead atoms. The number of aryl methyl sites for hydroxylation is 1. The van der Waals surface area contributed by atoms with Crippen LogP contribution >= 0.6 is 0 Å². The first kappa shape index (κ1) is 15.8. The summed E-state index contributed by atoms with van der Waals surface area (Å²) in [5, 5.41) is 6.55. The van der Waals surface area contributed by atoms with Gasteiger partial charge in [0.15, 0.2) is 0 Å². The average Bonchev–Trinajstić information content (AvgIpc) is 2.98. The summed E-state index contributed by atoms with van der Waals surface area (Å²) in [4.78, 5) is 14.1. The van der Waals surface area contributed by atoms with E-state index in [1.54, 1.807) is 10.9 Å². The van der Waals surface area contributed by atoms with E-state index in [1.165, 1.54) is 16.3 Å². The molecule has 2 heterocycles. The fraction of sp³-hybridized carbons (Fsp3) is 0.300. The number of aromatic nitrogens is 2. The van der Waals surface area contributed by atoms with Gasteiger partial charge in [0, 0.05) is 26.3 Å². The van der Waals surface area contributed by atoms with Crippen molar-refractivity contribution >= 4 is 16.7 Å². The Hall–Kier alpha value is -2.66. The number of carbonyl (C=O) groups excluding carboxylic acids is 1. The molecule has 0 saturated carbocycles. The smallest absolute Gasteiger partial charge is 0.227 e. The summed E-state index contributed by atoms with van der Waals surface area (Å²) < 4.78 is 7.71. The molecule has 0 atom stereocenters. The lowest BCUT2D eigenvalue weighted by atomic mass is 10.0. The second-order valence-corrected chi connectivity index (χ2v) is 6.57. The zero-order valence-corrected chi connectivity index (χ0v) is 14.3. The Morgan fingerprint density at radius 3 is 2.80 bits per heavy atom. The maximum atomic E-state index is 12.2. The van der Waals surface area contributed by atoms with Crippen LogP contribution in [0.1, 0.15) is 11.1 Å². The summed E-state index contributed by atoms with van der Waals surface area (Å²) in [5.41, 5.74) is 2.14. The number of amides is 1. The highest BCUT2D eigenvalue weighted by atomic mass is 16.5. The van der Waals surface area contributed by atoms with Gasteiger partial charge in [-0.15, -0.1) is 0 Å². The van der Waals surface area contributed by atoms with E-state index in [0.717, 1.165) is 5.56 Å². The molecule has 1 saturated heterocycles. The summed E-state index contributed by atoms with van der Waals surface area (Å²) in [6.07, 6.45) is 4.15. The average molecular weight is 335 g/mol. The highest BCUT2D eigenvalue weighted by molar-refractivity contribution is 5.85. The van der Waals surface area contributed by atoms with Crippen molar-refractivity contribution in [2.75, 3.05) is 13.1 Å². The molecular formula is C20H21N3O2. The van der Waals surface area contributed by atoms with Crippen molar-refractivity contribution in [3.63, 3.8) is 0 Å². The van der Waals surface area contributed by atoms with Crippen molar-refractivity contribution < 1.29 is 9.53 Å². The highest BCUT2D eigenvalue weighted by Gasteiger charge is 2.31. The van der Waals surface area contributed by atoms with Gasteiger partial charge in [0.25, 0.3) is 0 Å². The molecule has 128 valence electrons. The predicted octanol–water partition coefficient (Wildman–Crippen LogP) is 2.54. The van der Waals surface area contributed by atoms with E-state index in [-0.39, 0.29) is 12.0 Å². The molecule has 0 unspecified atom stereocenters. The molecule has 0 spiro atoms. The van der Waals surface area contributed by atoms with Gasteiger partial charge in [0.2, 0.25) is 5.91 Å². The van der Waals surface area contributed by atoms with Crippen molar-refractivity contribution in [1.29, 1.82) is 0 Å². The van der Waals surface area contributed by atoms with E-state index in [1.807, 2.05) is 30.3 Å². The van der Waals surface area contributed by atoms with Gasteiger partial charge in [0.1, 0.15) is 0 Å². The number of carbonyl (C=O) groups is 1. The van der Waals surface area contributed by atoms with Crippen LogP contribution in [-0.2, 0) is 29.6 Å². The lowest BCUT2D eigenvalue weighted by Crippen LogP contribution is -2.55. The SMILES string of the molecule is Cn1cc(CC(=O)N2CC(OCc3cccc4ccccc34)C2)cn1. The van der Waals surface area contributed by atoms with Crippen molar-refractivity contribution in [3.05, 3.63) is 66.0 Å². The molecule has 5 nitrogen and oxygen atoms in total. The Labute approximate surface area is 146 Å². The van der Waals surface area contributed by atoms with Gasteiger partial charge < -0.3 is 9.64 Å². The fourth-order valence-corrected chi connectivity index (χ4v) is 3.22. The van der Waals surface area contributed by atoms with Crippen LogP contribution in [0.25, 0.3) is 10.8 Å². The monoisotopic (exact) mass is 335 g/mol. The van der Waals surface area contributed by atoms with Crippen LogP contribution in [0.5, 0.6) is 0 Å². The van der Waals surface area contributed by atoms with Gasteiger partial charge in [-0.3, -0.25) is 9.48 Å². The summed E-state index contributed by atoms with van der Waals surface area (Å²) in [7, 11) is 1.86. The number of rotatable bonds is 5. The molecule has 0 radical (unpaired) electrons. The molecule has 2 aromatic carbocycles. The van der Waals surface area contributed by atoms with Crippen molar-refractivity contribution in [3.8, 4) is 0 Å². The number of ether oxygens (including phenoxy) is 1. The Morgan fingerprint density at radius 2 is 2.00 bits per heavy atom. The number of nitrogens with zero attached hydrogens (tertiary/aromatic N) is 3. The Bertz CT molecular complexity index is 891. The maximum absolute atomic E-state index is 12.2. The first-order valence-electron chi connectivity index (χ1n) is 8.52. The van der Waals surface area contributed by atoms with E-state index in [9.17, 15) is 4.79 Å². The Morgan fingerprint density at radius 1 is 1.20 bits per heavy atom. The first-order valence-corrected chi connectivity index (χ1v) is 8.52. The van der Waals surface area contributed by atoms with Crippen LogP contribution in [0.2, 0.25) is 0 Å². The standard InChI is InChI=1S/C20H21N3O2/c1-22-11-15(10-21-22)9-20(24)23-12-18(13-23)25-14-17-7-4-6-16-5-2-3-8-19(16)17/h2-8,10-11,18H,9,12-14H2,1H3. The van der Waals surface area contributed by atoms with Gasteiger partial charge in [-0.1, -0.05) is 42.5 Å². The van der Waals surface area contributed by atoms with Gasteiger partial charge in [0.05, 0.1) is 25.3 Å². The minimum Gasteiger partial charge on any atom is -0.370 e. The third-order valence-corrected chi connectivity index (χ3v) is 4.67. The summed E-state index contributed by atoms with van der Waals surface area (Å²) in [6, 6.07) is 14.6. The van der Waals surface area contributed by atoms with Crippen LogP contribution in [-0.4, -0.2) is 39.8 Å². The van der Waals surface area contributed by atoms with Gasteiger partial charge in [-0.2, -0.15) is 5.10 Å². The third kappa shape index (κ3) is 3.42. The van der Waals surface area contributed by atoms with E-state index < -0.39 is 0 Å². The van der Waals surface area contributed by atoms with Crippen molar-refractivity contribution in [2.45, 2.75) is 19.1 Å². The number of fused-ring (bicyclic) bond motifs is 1. The second-order valence-electron chi connectivity index (χ2n) is 6.57. The predicted molar refractivity (Wildman–Crippen MR) is 96.0 cm³/mol. The van der Waals surface area contributed by atoms with Gasteiger partial charge >= 0.3 is 0 Å².